The van der Waals surface area contributed by atoms with Gasteiger partial charge in [-0.1, -0.05) is 12.1 Å². The molecule has 2 aromatic carbocycles. The third kappa shape index (κ3) is 5.65. The number of carbonyl (C=O) groups is 1. The first-order chi connectivity index (χ1) is 14.8. The van der Waals surface area contributed by atoms with E-state index in [-0.39, 0.29) is 29.1 Å². The number of anilines is 1. The lowest BCUT2D eigenvalue weighted by Crippen LogP contribution is -2.43. The number of para-hydroxylation sites is 2. The van der Waals surface area contributed by atoms with E-state index in [2.05, 4.69) is 10.0 Å². The molecule has 8 nitrogen and oxygen atoms in total. The van der Waals surface area contributed by atoms with Gasteiger partial charge in [-0.2, -0.15) is 0 Å². The summed E-state index contributed by atoms with van der Waals surface area (Å²) in [7, 11) is -0.985. The van der Waals surface area contributed by atoms with E-state index in [1.807, 2.05) is 12.1 Å². The molecule has 0 bridgehead atoms. The number of nitrogens with one attached hydrogen (secondary N) is 2. The Bertz CT molecular complexity index is 1020. The van der Waals surface area contributed by atoms with Crippen LogP contribution in [0.2, 0.25) is 0 Å². The number of ether oxygens (including phenoxy) is 2. The van der Waals surface area contributed by atoms with Crippen molar-refractivity contribution in [2.75, 3.05) is 39.2 Å². The monoisotopic (exact) mass is 451 g/mol. The Morgan fingerprint density at radius 2 is 1.77 bits per heavy atom. The van der Waals surface area contributed by atoms with Gasteiger partial charge < -0.3 is 19.7 Å². The lowest BCUT2D eigenvalue weighted by molar-refractivity contribution is 0.183. The highest BCUT2D eigenvalue weighted by atomic mass is 32.2. The molecule has 0 spiro atoms. The Morgan fingerprint density at radius 1 is 1.10 bits per heavy atom. The van der Waals surface area contributed by atoms with Gasteiger partial charge in [-0.15, -0.1) is 0 Å². The molecular formula is C21H26FN3O5S. The van der Waals surface area contributed by atoms with Gasteiger partial charge in [0.1, 0.15) is 5.75 Å². The summed E-state index contributed by atoms with van der Waals surface area (Å²) in [5.41, 5.74) is 0.594. The molecule has 0 aliphatic carbocycles. The largest absolute Gasteiger partial charge is 0.495 e. The van der Waals surface area contributed by atoms with Crippen molar-refractivity contribution in [2.45, 2.75) is 17.7 Å². The summed E-state index contributed by atoms with van der Waals surface area (Å²) < 4.78 is 51.3. The molecule has 0 saturated carbocycles. The average molecular weight is 452 g/mol. The summed E-state index contributed by atoms with van der Waals surface area (Å²) in [6.45, 7) is 1.23. The Hall–Kier alpha value is -2.85. The molecule has 0 aromatic heterocycles. The Labute approximate surface area is 181 Å². The van der Waals surface area contributed by atoms with E-state index < -0.39 is 15.8 Å². The molecule has 1 heterocycles. The molecule has 31 heavy (non-hydrogen) atoms. The zero-order chi connectivity index (χ0) is 22.4. The molecule has 2 amide bonds. The van der Waals surface area contributed by atoms with Crippen molar-refractivity contribution in [3.63, 3.8) is 0 Å². The maximum Gasteiger partial charge on any atom is 0.321 e. The number of halogens is 1. The van der Waals surface area contributed by atoms with E-state index >= 15 is 0 Å². The lowest BCUT2D eigenvalue weighted by Gasteiger charge is -2.32. The molecule has 0 atom stereocenters. The quantitative estimate of drug-likeness (QED) is 0.674. The minimum Gasteiger partial charge on any atom is -0.495 e. The number of nitrogens with zero attached hydrogens (tertiary/aromatic N) is 1. The molecule has 2 aromatic rings. The minimum atomic E-state index is -3.84. The number of piperidine rings is 1. The van der Waals surface area contributed by atoms with E-state index in [9.17, 15) is 17.6 Å². The number of amides is 2. The average Bonchev–Trinajstić information content (AvgIpc) is 2.78. The summed E-state index contributed by atoms with van der Waals surface area (Å²) in [6, 6.07) is 10.5. The topological polar surface area (TPSA) is 97.0 Å². The van der Waals surface area contributed by atoms with Gasteiger partial charge in [-0.3, -0.25) is 0 Å². The van der Waals surface area contributed by atoms with E-state index in [1.54, 1.807) is 17.0 Å². The zero-order valence-electron chi connectivity index (χ0n) is 17.4. The molecule has 3 rings (SSSR count). The van der Waals surface area contributed by atoms with Crippen LogP contribution in [0.4, 0.5) is 14.9 Å². The van der Waals surface area contributed by atoms with Gasteiger partial charge in [0.15, 0.2) is 11.6 Å². The fourth-order valence-corrected chi connectivity index (χ4v) is 4.54. The smallest absolute Gasteiger partial charge is 0.321 e. The summed E-state index contributed by atoms with van der Waals surface area (Å²) in [5.74, 6) is -0.0965. The first-order valence-corrected chi connectivity index (χ1v) is 11.3. The number of sulfonamides is 1. The summed E-state index contributed by atoms with van der Waals surface area (Å²) in [5, 5.41) is 2.84. The van der Waals surface area contributed by atoms with E-state index in [0.29, 0.717) is 37.4 Å². The van der Waals surface area contributed by atoms with Gasteiger partial charge in [-0.05, 0) is 49.1 Å². The fourth-order valence-electron chi connectivity index (χ4n) is 3.41. The fraction of sp³-hybridized carbons (Fsp3) is 0.381. The van der Waals surface area contributed by atoms with Crippen LogP contribution in [0, 0.1) is 11.7 Å². The summed E-state index contributed by atoms with van der Waals surface area (Å²) >= 11 is 0. The maximum atomic E-state index is 13.8. The Kier molecular flexibility index (Phi) is 7.34. The minimum absolute atomic E-state index is 0.0160. The first kappa shape index (κ1) is 22.8. The number of methoxy groups -OCH3 is 2. The predicted molar refractivity (Wildman–Crippen MR) is 114 cm³/mol. The van der Waals surface area contributed by atoms with Crippen molar-refractivity contribution in [3.05, 3.63) is 48.3 Å². The lowest BCUT2D eigenvalue weighted by atomic mass is 9.97. The van der Waals surface area contributed by atoms with E-state index in [0.717, 1.165) is 6.07 Å². The molecule has 0 radical (unpaired) electrons. The van der Waals surface area contributed by atoms with Crippen molar-refractivity contribution >= 4 is 21.7 Å². The number of hydrogen-bond donors (Lipinski definition) is 2. The predicted octanol–water partition coefficient (Wildman–Crippen LogP) is 3.07. The van der Waals surface area contributed by atoms with Crippen LogP contribution in [-0.4, -0.2) is 53.2 Å². The van der Waals surface area contributed by atoms with E-state index in [1.165, 1.54) is 26.4 Å². The van der Waals surface area contributed by atoms with Gasteiger partial charge in [-0.25, -0.2) is 22.3 Å². The summed E-state index contributed by atoms with van der Waals surface area (Å²) in [4.78, 5) is 14.1. The molecule has 168 valence electrons. The van der Waals surface area contributed by atoms with Gasteiger partial charge in [0.05, 0.1) is 24.8 Å². The van der Waals surface area contributed by atoms with Crippen molar-refractivity contribution < 1.29 is 27.1 Å². The second-order valence-electron chi connectivity index (χ2n) is 7.21. The summed E-state index contributed by atoms with van der Waals surface area (Å²) in [6.07, 6.45) is 1.30. The second kappa shape index (κ2) is 9.97. The second-order valence-corrected chi connectivity index (χ2v) is 8.98. The maximum absolute atomic E-state index is 13.8. The standard InChI is InChI=1S/C21H26FN3O5S/c1-29-19-8-7-16(13-17(19)22)31(27,28)23-14-15-9-11-25(12-10-15)21(26)24-18-5-3-4-6-20(18)30-2/h3-8,13,15,23H,9-12,14H2,1-2H3,(H,24,26). The highest BCUT2D eigenvalue weighted by Crippen LogP contribution is 2.25. The van der Waals surface area contributed by atoms with Crippen molar-refractivity contribution in [3.8, 4) is 11.5 Å². The number of likely N-dealkylation sites (tertiary alicyclic amines) is 1. The molecule has 2 N–H and O–H groups in total. The third-order valence-electron chi connectivity index (χ3n) is 5.25. The van der Waals surface area contributed by atoms with Gasteiger partial charge in [0, 0.05) is 19.6 Å². The van der Waals surface area contributed by atoms with Gasteiger partial charge >= 0.3 is 6.03 Å². The number of carbonyl (C=O) groups excluding carboxylic acids is 1. The van der Waals surface area contributed by atoms with Crippen LogP contribution in [0.3, 0.4) is 0 Å². The van der Waals surface area contributed by atoms with Crippen LogP contribution < -0.4 is 19.5 Å². The highest BCUT2D eigenvalue weighted by Gasteiger charge is 2.25. The molecule has 1 aliphatic heterocycles. The molecular weight excluding hydrogens is 425 g/mol. The van der Waals surface area contributed by atoms with Crippen molar-refractivity contribution in [1.29, 1.82) is 0 Å². The molecule has 1 aliphatic rings. The number of urea groups is 1. The zero-order valence-corrected chi connectivity index (χ0v) is 18.2. The molecule has 0 unspecified atom stereocenters. The first-order valence-electron chi connectivity index (χ1n) is 9.86. The molecule has 1 saturated heterocycles. The van der Waals surface area contributed by atoms with Gasteiger partial charge in [0.2, 0.25) is 10.0 Å². The van der Waals surface area contributed by atoms with Crippen molar-refractivity contribution in [2.24, 2.45) is 5.92 Å². The normalized spacial score (nSPS) is 14.9. The van der Waals surface area contributed by atoms with E-state index in [4.69, 9.17) is 9.47 Å². The van der Waals surface area contributed by atoms with Crippen LogP contribution in [0.25, 0.3) is 0 Å². The van der Waals surface area contributed by atoms with Crippen LogP contribution in [0.5, 0.6) is 11.5 Å². The number of benzene rings is 2. The van der Waals surface area contributed by atoms with Crippen LogP contribution in [-0.2, 0) is 10.0 Å². The number of hydrogen-bond acceptors (Lipinski definition) is 5. The Balaban J connectivity index is 1.51. The molecule has 10 heteroatoms. The van der Waals surface area contributed by atoms with Gasteiger partial charge in [0.25, 0.3) is 0 Å². The van der Waals surface area contributed by atoms with Crippen LogP contribution in [0.1, 0.15) is 12.8 Å². The van der Waals surface area contributed by atoms with Crippen molar-refractivity contribution in [1.82, 2.24) is 9.62 Å². The SMILES string of the molecule is COc1ccc(S(=O)(=O)NCC2CCN(C(=O)Nc3ccccc3OC)CC2)cc1F. The highest BCUT2D eigenvalue weighted by molar-refractivity contribution is 7.89. The number of rotatable bonds is 7. The Morgan fingerprint density at radius 3 is 2.42 bits per heavy atom. The van der Waals surface area contributed by atoms with Crippen LogP contribution in [0.15, 0.2) is 47.4 Å². The van der Waals surface area contributed by atoms with Crippen LogP contribution >= 0.6 is 0 Å². The third-order valence-corrected chi connectivity index (χ3v) is 6.67. The molecule has 1 fully saturated rings.